The number of rotatable bonds is 3. The predicted octanol–water partition coefficient (Wildman–Crippen LogP) is 3.45. The Bertz CT molecular complexity index is 795. The molecule has 7 heteroatoms. The van der Waals surface area contributed by atoms with Crippen molar-refractivity contribution in [3.8, 4) is 5.88 Å². The number of pyridine rings is 1. The van der Waals surface area contributed by atoms with E-state index in [1.165, 1.54) is 10.4 Å². The van der Waals surface area contributed by atoms with Crippen molar-refractivity contribution in [3.63, 3.8) is 0 Å². The maximum atomic E-state index is 9.68. The molecule has 4 heterocycles. The van der Waals surface area contributed by atoms with Crippen LogP contribution in [0.5, 0.6) is 5.88 Å². The zero-order chi connectivity index (χ0) is 18.3. The van der Waals surface area contributed by atoms with Gasteiger partial charge in [0.25, 0.3) is 0 Å². The number of halogens is 1. The predicted molar refractivity (Wildman–Crippen MR) is 102 cm³/mol. The molecule has 1 saturated heterocycles. The molecule has 0 aliphatic carbocycles. The van der Waals surface area contributed by atoms with E-state index in [1.54, 1.807) is 23.6 Å². The number of aromatic hydroxyl groups is 1. The molecule has 0 unspecified atom stereocenters. The Hall–Kier alpha value is -1.18. The van der Waals surface area contributed by atoms with Crippen molar-refractivity contribution in [1.29, 1.82) is 0 Å². The van der Waals surface area contributed by atoms with E-state index in [1.807, 2.05) is 6.07 Å². The highest BCUT2D eigenvalue weighted by Crippen LogP contribution is 2.49. The average Bonchev–Trinajstić information content (AvgIpc) is 2.96. The third-order valence-electron chi connectivity index (χ3n) is 5.62. The summed E-state index contributed by atoms with van der Waals surface area (Å²) in [6.45, 7) is 4.64. The van der Waals surface area contributed by atoms with Gasteiger partial charge in [-0.15, -0.1) is 11.3 Å². The van der Waals surface area contributed by atoms with E-state index in [4.69, 9.17) is 16.3 Å². The Balaban J connectivity index is 1.55. The van der Waals surface area contributed by atoms with Gasteiger partial charge in [0.1, 0.15) is 5.60 Å². The van der Waals surface area contributed by atoms with E-state index in [9.17, 15) is 10.2 Å². The van der Waals surface area contributed by atoms with Crippen LogP contribution in [0.2, 0.25) is 4.34 Å². The molecule has 1 fully saturated rings. The fraction of sp³-hybridized carbons (Fsp3) is 0.526. The Kier molecular flexibility index (Phi) is 4.96. The molecule has 0 amide bonds. The Morgan fingerprint density at radius 2 is 2.31 bits per heavy atom. The molecule has 0 bridgehead atoms. The molecule has 0 aromatic carbocycles. The number of likely N-dealkylation sites (tertiary alicyclic amines) is 1. The Morgan fingerprint density at radius 1 is 1.46 bits per heavy atom. The molecule has 2 aromatic rings. The lowest BCUT2D eigenvalue weighted by Gasteiger charge is -2.47. The minimum Gasteiger partial charge on any atom is -0.493 e. The molecule has 140 valence electrons. The van der Waals surface area contributed by atoms with Crippen LogP contribution in [0.15, 0.2) is 18.3 Å². The van der Waals surface area contributed by atoms with Crippen molar-refractivity contribution in [2.24, 2.45) is 0 Å². The summed E-state index contributed by atoms with van der Waals surface area (Å²) in [6.07, 6.45) is 4.38. The van der Waals surface area contributed by atoms with Crippen LogP contribution >= 0.6 is 22.9 Å². The molecular weight excluding hydrogens is 372 g/mol. The first-order valence-electron chi connectivity index (χ1n) is 8.96. The maximum absolute atomic E-state index is 9.68. The van der Waals surface area contributed by atoms with Gasteiger partial charge < -0.3 is 14.9 Å². The minimum absolute atomic E-state index is 0.00369. The highest BCUT2D eigenvalue weighted by atomic mass is 35.5. The number of nitrogens with zero attached hydrogens (tertiary/aromatic N) is 2. The lowest BCUT2D eigenvalue weighted by molar-refractivity contribution is -0.110. The van der Waals surface area contributed by atoms with Crippen molar-refractivity contribution >= 4 is 22.9 Å². The summed E-state index contributed by atoms with van der Waals surface area (Å²) in [5.41, 5.74) is 2.91. The number of hydrogen-bond donors (Lipinski definition) is 2. The standard InChI is InChI=1S/C19H23ClN2O3S/c1-12-8-19(5-6-22(12)10-13-2-3-16(24)21-9-13)17-14(4-7-25-19)15(11-23)18(20)26-17/h2-3,9,12,23H,4-8,10-11H2,1H3,(H,21,24)/t12-,19+/m0/s1. The smallest absolute Gasteiger partial charge is 0.210 e. The third kappa shape index (κ3) is 3.14. The molecule has 1 spiro atoms. The molecule has 2 N–H and O–H groups in total. The van der Waals surface area contributed by atoms with Crippen LogP contribution in [0.4, 0.5) is 0 Å². The zero-order valence-electron chi connectivity index (χ0n) is 14.7. The first-order chi connectivity index (χ1) is 12.5. The van der Waals surface area contributed by atoms with Gasteiger partial charge in [-0.05, 0) is 37.3 Å². The summed E-state index contributed by atoms with van der Waals surface area (Å²) in [7, 11) is 0. The maximum Gasteiger partial charge on any atom is 0.210 e. The molecule has 0 radical (unpaired) electrons. The van der Waals surface area contributed by atoms with E-state index in [0.717, 1.165) is 43.5 Å². The SMILES string of the molecule is C[C@H]1C[C@@]2(CCN1Cc1ccc(O)nc1)OCCc1c2sc(Cl)c1CO. The van der Waals surface area contributed by atoms with Crippen LogP contribution in [0.1, 0.15) is 41.3 Å². The fourth-order valence-electron chi connectivity index (χ4n) is 4.24. The van der Waals surface area contributed by atoms with Crippen LogP contribution in [0, 0.1) is 0 Å². The quantitative estimate of drug-likeness (QED) is 0.834. The van der Waals surface area contributed by atoms with E-state index in [0.29, 0.717) is 17.0 Å². The number of thiophene rings is 1. The van der Waals surface area contributed by atoms with E-state index >= 15 is 0 Å². The van der Waals surface area contributed by atoms with Crippen LogP contribution in [-0.2, 0) is 29.9 Å². The van der Waals surface area contributed by atoms with Crippen molar-refractivity contribution in [3.05, 3.63) is 44.2 Å². The minimum atomic E-state index is -0.279. The fourth-order valence-corrected chi connectivity index (χ4v) is 5.92. The van der Waals surface area contributed by atoms with Gasteiger partial charge in [-0.3, -0.25) is 4.90 Å². The van der Waals surface area contributed by atoms with Crippen LogP contribution in [0.25, 0.3) is 0 Å². The second kappa shape index (κ2) is 7.09. The average molecular weight is 395 g/mol. The zero-order valence-corrected chi connectivity index (χ0v) is 16.3. The van der Waals surface area contributed by atoms with Crippen LogP contribution in [-0.4, -0.2) is 39.3 Å². The third-order valence-corrected chi connectivity index (χ3v) is 7.32. The first-order valence-corrected chi connectivity index (χ1v) is 10.1. The monoisotopic (exact) mass is 394 g/mol. The topological polar surface area (TPSA) is 65.8 Å². The van der Waals surface area contributed by atoms with Gasteiger partial charge in [0, 0.05) is 41.8 Å². The lowest BCUT2D eigenvalue weighted by Crippen LogP contribution is -2.50. The van der Waals surface area contributed by atoms with Gasteiger partial charge in [-0.25, -0.2) is 4.98 Å². The summed E-state index contributed by atoms with van der Waals surface area (Å²) < 4.78 is 7.03. The van der Waals surface area contributed by atoms with Gasteiger partial charge >= 0.3 is 0 Å². The van der Waals surface area contributed by atoms with Gasteiger partial charge in [-0.1, -0.05) is 17.7 Å². The molecule has 26 heavy (non-hydrogen) atoms. The number of ether oxygens (including phenoxy) is 1. The number of aromatic nitrogens is 1. The van der Waals surface area contributed by atoms with E-state index in [-0.39, 0.29) is 18.1 Å². The van der Waals surface area contributed by atoms with E-state index < -0.39 is 0 Å². The number of fused-ring (bicyclic) bond motifs is 2. The second-order valence-corrected chi connectivity index (χ2v) is 8.83. The Morgan fingerprint density at radius 3 is 3.00 bits per heavy atom. The number of hydrogen-bond acceptors (Lipinski definition) is 6. The largest absolute Gasteiger partial charge is 0.493 e. The summed E-state index contributed by atoms with van der Waals surface area (Å²) >= 11 is 7.97. The molecule has 2 aliphatic rings. The van der Waals surface area contributed by atoms with Crippen molar-refractivity contribution in [1.82, 2.24) is 9.88 Å². The van der Waals surface area contributed by atoms with E-state index in [2.05, 4.69) is 16.8 Å². The summed E-state index contributed by atoms with van der Waals surface area (Å²) in [4.78, 5) is 7.62. The summed E-state index contributed by atoms with van der Waals surface area (Å²) in [5, 5.41) is 19.0. The highest BCUT2D eigenvalue weighted by molar-refractivity contribution is 7.16. The molecule has 0 saturated carbocycles. The molecule has 2 atom stereocenters. The summed E-state index contributed by atoms with van der Waals surface area (Å²) in [6, 6.07) is 3.90. The summed E-state index contributed by atoms with van der Waals surface area (Å²) in [5.74, 6) is 0.0526. The van der Waals surface area contributed by atoms with Crippen molar-refractivity contribution in [2.75, 3.05) is 13.2 Å². The molecule has 5 nitrogen and oxygen atoms in total. The lowest BCUT2D eigenvalue weighted by atomic mass is 9.81. The number of piperidine rings is 1. The number of aliphatic hydroxyl groups is 1. The van der Waals surface area contributed by atoms with Gasteiger partial charge in [0.2, 0.25) is 5.88 Å². The van der Waals surface area contributed by atoms with Gasteiger partial charge in [-0.2, -0.15) is 0 Å². The molecule has 2 aromatic heterocycles. The normalized spacial score (nSPS) is 26.2. The first kappa shape index (κ1) is 18.2. The molecule has 2 aliphatic heterocycles. The van der Waals surface area contributed by atoms with Crippen molar-refractivity contribution < 1.29 is 14.9 Å². The molecule has 4 rings (SSSR count). The van der Waals surface area contributed by atoms with Crippen LogP contribution in [0.3, 0.4) is 0 Å². The highest BCUT2D eigenvalue weighted by Gasteiger charge is 2.45. The number of aliphatic hydroxyl groups excluding tert-OH is 1. The van der Waals surface area contributed by atoms with Crippen LogP contribution < -0.4 is 0 Å². The second-order valence-electron chi connectivity index (χ2n) is 7.21. The van der Waals surface area contributed by atoms with Gasteiger partial charge in [0.15, 0.2) is 0 Å². The molecular formula is C19H23ClN2O3S. The van der Waals surface area contributed by atoms with Crippen molar-refractivity contribution in [2.45, 2.75) is 51.0 Å². The van der Waals surface area contributed by atoms with Gasteiger partial charge in [0.05, 0.1) is 17.6 Å². The Labute approximate surface area is 162 Å².